The molecule has 0 unspecified atom stereocenters. The van der Waals surface area contributed by atoms with E-state index in [1.54, 1.807) is 18.9 Å². The second kappa shape index (κ2) is 3.65. The lowest BCUT2D eigenvalue weighted by Gasteiger charge is -2.10. The molecule has 3 heteroatoms. The molecule has 0 amide bonds. The van der Waals surface area contributed by atoms with Crippen molar-refractivity contribution in [3.63, 3.8) is 0 Å². The van der Waals surface area contributed by atoms with Crippen LogP contribution in [0.15, 0.2) is 29.2 Å². The Morgan fingerprint density at radius 2 is 2.14 bits per heavy atom. The summed E-state index contributed by atoms with van der Waals surface area (Å²) >= 11 is 1.62. The molecule has 0 bridgehead atoms. The number of carbonyl (C=O) groups excluding carboxylic acids is 1. The number of aldehydes is 1. The van der Waals surface area contributed by atoms with Crippen molar-refractivity contribution in [1.29, 1.82) is 0 Å². The molecule has 0 saturated heterocycles. The summed E-state index contributed by atoms with van der Waals surface area (Å²) in [6.07, 6.45) is 3.03. The van der Waals surface area contributed by atoms with E-state index in [0.29, 0.717) is 0 Å². The summed E-state index contributed by atoms with van der Waals surface area (Å²) in [5, 5.41) is 0. The fourth-order valence-electron chi connectivity index (χ4n) is 1.29. The van der Waals surface area contributed by atoms with Crippen molar-refractivity contribution in [3.8, 4) is 5.75 Å². The SMILES string of the molecule is COc1ccccc1SC1(C=O)CC1. The topological polar surface area (TPSA) is 26.3 Å². The van der Waals surface area contributed by atoms with Crippen LogP contribution in [-0.2, 0) is 4.79 Å². The molecule has 0 spiro atoms. The van der Waals surface area contributed by atoms with Gasteiger partial charge in [-0.15, -0.1) is 11.8 Å². The molecule has 1 aliphatic rings. The predicted octanol–water partition coefficient (Wildman–Crippen LogP) is 2.52. The zero-order valence-corrected chi connectivity index (χ0v) is 8.84. The van der Waals surface area contributed by atoms with E-state index in [9.17, 15) is 4.79 Å². The molecule has 0 N–H and O–H groups in total. The van der Waals surface area contributed by atoms with Gasteiger partial charge in [-0.25, -0.2) is 0 Å². The van der Waals surface area contributed by atoms with E-state index >= 15 is 0 Å². The molecule has 2 rings (SSSR count). The Hall–Kier alpha value is -0.960. The minimum absolute atomic E-state index is 0.158. The Morgan fingerprint density at radius 1 is 1.43 bits per heavy atom. The van der Waals surface area contributed by atoms with Gasteiger partial charge in [0.2, 0.25) is 0 Å². The molecule has 1 aromatic carbocycles. The van der Waals surface area contributed by atoms with Crippen LogP contribution >= 0.6 is 11.8 Å². The van der Waals surface area contributed by atoms with E-state index in [-0.39, 0.29) is 4.75 Å². The molecule has 74 valence electrons. The summed E-state index contributed by atoms with van der Waals surface area (Å²) in [6.45, 7) is 0. The van der Waals surface area contributed by atoms with Gasteiger partial charge in [0.25, 0.3) is 0 Å². The Balaban J connectivity index is 2.19. The van der Waals surface area contributed by atoms with Gasteiger partial charge in [0.15, 0.2) is 0 Å². The van der Waals surface area contributed by atoms with Gasteiger partial charge < -0.3 is 9.53 Å². The molecule has 2 nitrogen and oxygen atoms in total. The lowest BCUT2D eigenvalue weighted by molar-refractivity contribution is -0.107. The first-order valence-electron chi connectivity index (χ1n) is 4.58. The van der Waals surface area contributed by atoms with Gasteiger partial charge in [-0.1, -0.05) is 12.1 Å². The zero-order chi connectivity index (χ0) is 10.0. The van der Waals surface area contributed by atoms with E-state index in [2.05, 4.69) is 0 Å². The highest BCUT2D eigenvalue weighted by atomic mass is 32.2. The van der Waals surface area contributed by atoms with Gasteiger partial charge in [-0.3, -0.25) is 0 Å². The second-order valence-corrected chi connectivity index (χ2v) is 4.89. The van der Waals surface area contributed by atoms with E-state index in [4.69, 9.17) is 4.74 Å². The Bertz CT molecular complexity index is 345. The van der Waals surface area contributed by atoms with Crippen LogP contribution in [0, 0.1) is 0 Å². The first kappa shape index (κ1) is 9.59. The smallest absolute Gasteiger partial charge is 0.136 e. The number of hydrogen-bond acceptors (Lipinski definition) is 3. The van der Waals surface area contributed by atoms with E-state index in [0.717, 1.165) is 29.8 Å². The number of rotatable bonds is 4. The summed E-state index contributed by atoms with van der Waals surface area (Å²) in [4.78, 5) is 11.9. The maximum atomic E-state index is 10.8. The highest BCUT2D eigenvalue weighted by molar-refractivity contribution is 8.01. The van der Waals surface area contributed by atoms with Crippen molar-refractivity contribution in [2.45, 2.75) is 22.5 Å². The zero-order valence-electron chi connectivity index (χ0n) is 8.03. The number of methoxy groups -OCH3 is 1. The fourth-order valence-corrected chi connectivity index (χ4v) is 2.48. The average molecular weight is 208 g/mol. The molecule has 14 heavy (non-hydrogen) atoms. The van der Waals surface area contributed by atoms with Gasteiger partial charge in [-0.2, -0.15) is 0 Å². The van der Waals surface area contributed by atoms with Gasteiger partial charge >= 0.3 is 0 Å². The third kappa shape index (κ3) is 1.77. The minimum Gasteiger partial charge on any atom is -0.496 e. The Morgan fingerprint density at radius 3 is 2.71 bits per heavy atom. The van der Waals surface area contributed by atoms with Crippen molar-refractivity contribution in [3.05, 3.63) is 24.3 Å². The largest absolute Gasteiger partial charge is 0.496 e. The van der Waals surface area contributed by atoms with Crippen LogP contribution in [0.5, 0.6) is 5.75 Å². The van der Waals surface area contributed by atoms with Crippen LogP contribution < -0.4 is 4.74 Å². The highest BCUT2D eigenvalue weighted by Gasteiger charge is 2.44. The standard InChI is InChI=1S/C11H12O2S/c1-13-9-4-2-3-5-10(9)14-11(8-12)6-7-11/h2-5,8H,6-7H2,1H3. The van der Waals surface area contributed by atoms with Crippen molar-refractivity contribution in [2.24, 2.45) is 0 Å². The van der Waals surface area contributed by atoms with Crippen LogP contribution in [0.1, 0.15) is 12.8 Å². The van der Waals surface area contributed by atoms with Crippen molar-refractivity contribution in [1.82, 2.24) is 0 Å². The Labute approximate surface area is 87.6 Å². The molecule has 0 aliphatic heterocycles. The average Bonchev–Trinajstić information content (AvgIpc) is 2.99. The lowest BCUT2D eigenvalue weighted by Crippen LogP contribution is -2.03. The first-order valence-corrected chi connectivity index (χ1v) is 5.40. The third-order valence-electron chi connectivity index (χ3n) is 2.34. The molecular formula is C11H12O2S. The molecule has 1 saturated carbocycles. The number of para-hydroxylation sites is 1. The molecule has 1 aromatic rings. The summed E-state index contributed by atoms with van der Waals surface area (Å²) in [5.74, 6) is 0.852. The van der Waals surface area contributed by atoms with E-state index in [1.165, 1.54) is 0 Å². The van der Waals surface area contributed by atoms with Crippen LogP contribution in [0.3, 0.4) is 0 Å². The molecule has 0 heterocycles. The maximum Gasteiger partial charge on any atom is 0.136 e. The lowest BCUT2D eigenvalue weighted by atomic mass is 10.3. The van der Waals surface area contributed by atoms with Gasteiger partial charge in [0.1, 0.15) is 12.0 Å². The second-order valence-electron chi connectivity index (χ2n) is 3.44. The summed E-state index contributed by atoms with van der Waals surface area (Å²) < 4.78 is 5.07. The molecular weight excluding hydrogens is 196 g/mol. The van der Waals surface area contributed by atoms with E-state index < -0.39 is 0 Å². The summed E-state index contributed by atoms with van der Waals surface area (Å²) in [6, 6.07) is 7.81. The summed E-state index contributed by atoms with van der Waals surface area (Å²) in [7, 11) is 1.65. The molecule has 0 atom stereocenters. The fraction of sp³-hybridized carbons (Fsp3) is 0.364. The van der Waals surface area contributed by atoms with Gasteiger partial charge in [-0.05, 0) is 25.0 Å². The number of thioether (sulfide) groups is 1. The Kier molecular flexibility index (Phi) is 2.50. The van der Waals surface area contributed by atoms with Crippen LogP contribution in [0.2, 0.25) is 0 Å². The normalized spacial score (nSPS) is 17.5. The van der Waals surface area contributed by atoms with Crippen molar-refractivity contribution < 1.29 is 9.53 Å². The van der Waals surface area contributed by atoms with Crippen LogP contribution in [0.4, 0.5) is 0 Å². The van der Waals surface area contributed by atoms with Crippen LogP contribution in [-0.4, -0.2) is 18.1 Å². The predicted molar refractivity (Wildman–Crippen MR) is 56.9 cm³/mol. The van der Waals surface area contributed by atoms with Crippen molar-refractivity contribution in [2.75, 3.05) is 7.11 Å². The molecule has 0 radical (unpaired) electrons. The minimum atomic E-state index is -0.158. The van der Waals surface area contributed by atoms with Crippen molar-refractivity contribution >= 4 is 18.0 Å². The van der Waals surface area contributed by atoms with Crippen LogP contribution in [0.25, 0.3) is 0 Å². The quantitative estimate of drug-likeness (QED) is 0.711. The van der Waals surface area contributed by atoms with E-state index in [1.807, 2.05) is 24.3 Å². The third-order valence-corrected chi connectivity index (χ3v) is 3.81. The highest BCUT2D eigenvalue weighted by Crippen LogP contribution is 2.51. The molecule has 0 aromatic heterocycles. The number of carbonyl (C=O) groups is 1. The maximum absolute atomic E-state index is 10.8. The molecule has 1 aliphatic carbocycles. The monoisotopic (exact) mass is 208 g/mol. The van der Waals surface area contributed by atoms with Gasteiger partial charge in [0.05, 0.1) is 16.8 Å². The molecule has 1 fully saturated rings. The first-order chi connectivity index (χ1) is 6.79. The number of benzene rings is 1. The number of ether oxygens (including phenoxy) is 1. The summed E-state index contributed by atoms with van der Waals surface area (Å²) in [5.41, 5.74) is 0. The van der Waals surface area contributed by atoms with Gasteiger partial charge in [0, 0.05) is 0 Å². The number of hydrogen-bond donors (Lipinski definition) is 0.